The van der Waals surface area contributed by atoms with Crippen LogP contribution in [0.2, 0.25) is 0 Å². The van der Waals surface area contributed by atoms with Gasteiger partial charge in [-0.05, 0) is 41.6 Å². The largest absolute Gasteiger partial charge is 0.444 e. The van der Waals surface area contributed by atoms with E-state index in [0.717, 1.165) is 54.8 Å². The molecule has 4 rings (SSSR count). The van der Waals surface area contributed by atoms with Crippen molar-refractivity contribution in [2.45, 2.75) is 37.8 Å². The summed E-state index contributed by atoms with van der Waals surface area (Å²) in [6.07, 6.45) is 6.46. The van der Waals surface area contributed by atoms with E-state index >= 15 is 0 Å². The molecule has 2 aromatic rings. The molecular formula is C18H21BrN4O2. The van der Waals surface area contributed by atoms with Gasteiger partial charge < -0.3 is 14.5 Å². The van der Waals surface area contributed by atoms with Crippen LogP contribution in [0.1, 0.15) is 31.4 Å². The number of rotatable bonds is 3. The average molecular weight is 405 g/mol. The zero-order chi connectivity index (χ0) is 17.2. The molecule has 0 amide bonds. The summed E-state index contributed by atoms with van der Waals surface area (Å²) in [6, 6.07) is 4.82. The highest BCUT2D eigenvalue weighted by molar-refractivity contribution is 9.10. The van der Waals surface area contributed by atoms with E-state index in [-0.39, 0.29) is 0 Å². The lowest BCUT2D eigenvalue weighted by atomic mass is 9.89. The average Bonchev–Trinajstić information content (AvgIpc) is 3.09. The van der Waals surface area contributed by atoms with E-state index in [2.05, 4.69) is 31.1 Å². The predicted octanol–water partition coefficient (Wildman–Crippen LogP) is 3.52. The molecule has 1 saturated heterocycles. The van der Waals surface area contributed by atoms with Gasteiger partial charge in [0.25, 0.3) is 0 Å². The zero-order valence-electron chi connectivity index (χ0n) is 14.0. The van der Waals surface area contributed by atoms with E-state index in [1.54, 1.807) is 12.3 Å². The molecule has 7 heteroatoms. The van der Waals surface area contributed by atoms with Crippen LogP contribution in [0.25, 0.3) is 11.0 Å². The van der Waals surface area contributed by atoms with Gasteiger partial charge in [0.15, 0.2) is 5.58 Å². The highest BCUT2D eigenvalue weighted by Crippen LogP contribution is 2.33. The van der Waals surface area contributed by atoms with Crippen LogP contribution in [0, 0.1) is 11.3 Å². The summed E-state index contributed by atoms with van der Waals surface area (Å²) < 4.78 is 11.8. The highest BCUT2D eigenvalue weighted by atomic mass is 79.9. The van der Waals surface area contributed by atoms with Crippen LogP contribution in [0.15, 0.2) is 21.2 Å². The molecule has 0 radical (unpaired) electrons. The smallest absolute Gasteiger partial charge is 0.204 e. The van der Waals surface area contributed by atoms with Crippen molar-refractivity contribution in [1.82, 2.24) is 9.88 Å². The van der Waals surface area contributed by atoms with E-state index in [1.807, 2.05) is 6.07 Å². The Balaban J connectivity index is 1.48. The van der Waals surface area contributed by atoms with Crippen molar-refractivity contribution in [1.29, 1.82) is 5.26 Å². The zero-order valence-corrected chi connectivity index (χ0v) is 15.6. The number of nitrogens with one attached hydrogen (secondary N) is 1. The topological polar surface area (TPSA) is 74.3 Å². The van der Waals surface area contributed by atoms with E-state index in [9.17, 15) is 0 Å². The summed E-state index contributed by atoms with van der Waals surface area (Å²) in [6.45, 7) is 3.77. The van der Waals surface area contributed by atoms with Crippen molar-refractivity contribution in [3.63, 3.8) is 0 Å². The summed E-state index contributed by atoms with van der Waals surface area (Å²) in [5, 5.41) is 13.5. The Morgan fingerprint density at radius 1 is 1.32 bits per heavy atom. The minimum Gasteiger partial charge on any atom is -0.444 e. The molecule has 2 aliphatic rings. The maximum atomic E-state index is 9.00. The second-order valence-electron chi connectivity index (χ2n) is 6.73. The van der Waals surface area contributed by atoms with Gasteiger partial charge in [0.2, 0.25) is 5.76 Å². The number of anilines is 1. The Kier molecular flexibility index (Phi) is 4.93. The van der Waals surface area contributed by atoms with Crippen molar-refractivity contribution in [2.75, 3.05) is 31.6 Å². The Labute approximate surface area is 155 Å². The first-order valence-corrected chi connectivity index (χ1v) is 9.60. The van der Waals surface area contributed by atoms with Crippen LogP contribution in [0.4, 0.5) is 5.82 Å². The lowest BCUT2D eigenvalue weighted by Crippen LogP contribution is -2.47. The number of halogens is 1. The number of nitriles is 1. The molecular weight excluding hydrogens is 384 g/mol. The third-order valence-corrected chi connectivity index (χ3v) is 5.98. The monoisotopic (exact) mass is 404 g/mol. The number of morpholine rings is 1. The quantitative estimate of drug-likeness (QED) is 0.843. The maximum absolute atomic E-state index is 9.00. The summed E-state index contributed by atoms with van der Waals surface area (Å²) in [4.78, 5) is 7.06. The van der Waals surface area contributed by atoms with Crippen molar-refractivity contribution >= 4 is 32.7 Å². The van der Waals surface area contributed by atoms with Gasteiger partial charge >= 0.3 is 0 Å². The number of pyridine rings is 1. The van der Waals surface area contributed by atoms with E-state index in [0.29, 0.717) is 23.4 Å². The standard InChI is InChI=1S/C18H21BrN4O2/c19-17-15-9-14(10-20)25-16(15)11-21-18(17)22-12-2-1-3-13(8-12)23-4-6-24-7-5-23/h9,11-13H,1-8H2,(H,21,22)/t12-,13-/m0/s1. The van der Waals surface area contributed by atoms with Gasteiger partial charge in [0.05, 0.1) is 23.9 Å². The third-order valence-electron chi connectivity index (χ3n) is 5.18. The number of furan rings is 1. The molecule has 0 spiro atoms. The molecule has 0 unspecified atom stereocenters. The molecule has 2 fully saturated rings. The molecule has 6 nitrogen and oxygen atoms in total. The number of aromatic nitrogens is 1. The second-order valence-corrected chi connectivity index (χ2v) is 7.52. The SMILES string of the molecule is N#Cc1cc2c(Br)c(N[C@H]3CCC[C@H](N4CCOCC4)C3)ncc2o1. The number of fused-ring (bicyclic) bond motifs is 1. The Morgan fingerprint density at radius 3 is 2.96 bits per heavy atom. The van der Waals surface area contributed by atoms with E-state index in [4.69, 9.17) is 14.4 Å². The molecule has 1 N–H and O–H groups in total. The molecule has 1 saturated carbocycles. The van der Waals surface area contributed by atoms with Crippen LogP contribution < -0.4 is 5.32 Å². The highest BCUT2D eigenvalue weighted by Gasteiger charge is 2.28. The number of ether oxygens (including phenoxy) is 1. The number of hydrogen-bond acceptors (Lipinski definition) is 6. The summed E-state index contributed by atoms with van der Waals surface area (Å²) in [7, 11) is 0. The van der Waals surface area contributed by atoms with Gasteiger partial charge in [-0.2, -0.15) is 5.26 Å². The fourth-order valence-corrected chi connectivity index (χ4v) is 4.43. The van der Waals surface area contributed by atoms with Gasteiger partial charge in [-0.1, -0.05) is 0 Å². The minimum absolute atomic E-state index is 0.305. The van der Waals surface area contributed by atoms with Crippen LogP contribution >= 0.6 is 15.9 Å². The third kappa shape index (κ3) is 3.52. The number of hydrogen-bond donors (Lipinski definition) is 1. The van der Waals surface area contributed by atoms with Crippen LogP contribution in [0.5, 0.6) is 0 Å². The first-order valence-electron chi connectivity index (χ1n) is 8.81. The first kappa shape index (κ1) is 16.8. The van der Waals surface area contributed by atoms with Gasteiger partial charge in [0, 0.05) is 36.6 Å². The Bertz CT molecular complexity index is 794. The second kappa shape index (κ2) is 7.32. The number of nitrogens with zero attached hydrogens (tertiary/aromatic N) is 3. The van der Waals surface area contributed by atoms with E-state index in [1.165, 1.54) is 12.8 Å². The van der Waals surface area contributed by atoms with Crippen LogP contribution in [-0.2, 0) is 4.74 Å². The summed E-state index contributed by atoms with van der Waals surface area (Å²) in [5.74, 6) is 1.13. The molecule has 3 heterocycles. The molecule has 2 aromatic heterocycles. The molecule has 1 aliphatic carbocycles. The van der Waals surface area contributed by atoms with Gasteiger partial charge in [-0.25, -0.2) is 4.98 Å². The van der Waals surface area contributed by atoms with E-state index < -0.39 is 0 Å². The van der Waals surface area contributed by atoms with Crippen molar-refractivity contribution in [2.24, 2.45) is 0 Å². The molecule has 2 atom stereocenters. The molecule has 0 bridgehead atoms. The van der Waals surface area contributed by atoms with Gasteiger partial charge in [-0.3, -0.25) is 4.90 Å². The van der Waals surface area contributed by atoms with Gasteiger partial charge in [-0.15, -0.1) is 0 Å². The van der Waals surface area contributed by atoms with Crippen LogP contribution in [-0.4, -0.2) is 48.3 Å². The molecule has 0 aromatic carbocycles. The fraction of sp³-hybridized carbons (Fsp3) is 0.556. The lowest BCUT2D eigenvalue weighted by Gasteiger charge is -2.39. The molecule has 132 valence electrons. The minimum atomic E-state index is 0.305. The Hall–Kier alpha value is -1.62. The Morgan fingerprint density at radius 2 is 2.16 bits per heavy atom. The van der Waals surface area contributed by atoms with Crippen molar-refractivity contribution < 1.29 is 9.15 Å². The predicted molar refractivity (Wildman–Crippen MR) is 98.5 cm³/mol. The maximum Gasteiger partial charge on any atom is 0.204 e. The molecule has 25 heavy (non-hydrogen) atoms. The first-order chi connectivity index (χ1) is 12.2. The van der Waals surface area contributed by atoms with Crippen molar-refractivity contribution in [3.8, 4) is 6.07 Å². The van der Waals surface area contributed by atoms with Gasteiger partial charge in [0.1, 0.15) is 11.9 Å². The van der Waals surface area contributed by atoms with Crippen LogP contribution in [0.3, 0.4) is 0 Å². The normalized spacial score (nSPS) is 25.0. The molecule has 1 aliphatic heterocycles. The van der Waals surface area contributed by atoms with Crippen molar-refractivity contribution in [3.05, 3.63) is 22.5 Å². The summed E-state index contributed by atoms with van der Waals surface area (Å²) >= 11 is 3.62. The fourth-order valence-electron chi connectivity index (χ4n) is 3.90. The lowest BCUT2D eigenvalue weighted by molar-refractivity contribution is 0.00751. The summed E-state index contributed by atoms with van der Waals surface area (Å²) in [5.41, 5.74) is 0.629.